The van der Waals surface area contributed by atoms with Crippen LogP contribution in [0.1, 0.15) is 22.7 Å². The summed E-state index contributed by atoms with van der Waals surface area (Å²) in [7, 11) is 1.49. The number of carbonyl (C=O) groups excluding carboxylic acids is 1. The van der Waals surface area contributed by atoms with Gasteiger partial charge in [-0.2, -0.15) is 0 Å². The zero-order chi connectivity index (χ0) is 15.0. The molecule has 0 bridgehead atoms. The Kier molecular flexibility index (Phi) is 3.35. The van der Waals surface area contributed by atoms with Crippen molar-refractivity contribution in [2.45, 2.75) is 12.5 Å². The van der Waals surface area contributed by atoms with Crippen LogP contribution in [0.15, 0.2) is 36.4 Å². The lowest BCUT2D eigenvalue weighted by atomic mass is 9.96. The highest BCUT2D eigenvalue weighted by Crippen LogP contribution is 2.30. The Morgan fingerprint density at radius 1 is 1.29 bits per heavy atom. The van der Waals surface area contributed by atoms with Gasteiger partial charge in [0.15, 0.2) is 0 Å². The fraction of sp³-hybridized carbons (Fsp3) is 0.188. The predicted octanol–water partition coefficient (Wildman–Crippen LogP) is 2.38. The van der Waals surface area contributed by atoms with Crippen molar-refractivity contribution in [2.75, 3.05) is 12.4 Å². The normalized spacial score (nSPS) is 14.5. The van der Waals surface area contributed by atoms with Crippen LogP contribution in [-0.4, -0.2) is 13.0 Å². The lowest BCUT2D eigenvalue weighted by Gasteiger charge is -2.15. The number of fused-ring (bicyclic) bond motifs is 1. The summed E-state index contributed by atoms with van der Waals surface area (Å²) in [6.45, 7) is 0. The van der Waals surface area contributed by atoms with Gasteiger partial charge in [0, 0.05) is 17.3 Å². The van der Waals surface area contributed by atoms with Crippen LogP contribution in [0.2, 0.25) is 0 Å². The lowest BCUT2D eigenvalue weighted by Crippen LogP contribution is -2.14. The van der Waals surface area contributed by atoms with Crippen LogP contribution in [0.25, 0.3) is 0 Å². The molecule has 21 heavy (non-hydrogen) atoms. The van der Waals surface area contributed by atoms with Crippen molar-refractivity contribution in [3.8, 4) is 5.75 Å². The second kappa shape index (κ2) is 5.18. The first-order chi connectivity index (χ1) is 10.1. The quantitative estimate of drug-likeness (QED) is 0.910. The first-order valence-electron chi connectivity index (χ1n) is 6.60. The molecule has 0 radical (unpaired) electrons. The van der Waals surface area contributed by atoms with Crippen molar-refractivity contribution in [3.05, 3.63) is 58.9 Å². The molecule has 2 aromatic rings. The summed E-state index contributed by atoms with van der Waals surface area (Å²) < 4.78 is 19.1. The van der Waals surface area contributed by atoms with Crippen LogP contribution in [0.4, 0.5) is 10.1 Å². The van der Waals surface area contributed by atoms with Crippen molar-refractivity contribution in [3.63, 3.8) is 0 Å². The number of nitrogens with two attached hydrogens (primary N) is 1. The minimum Gasteiger partial charge on any atom is -0.497 e. The summed E-state index contributed by atoms with van der Waals surface area (Å²) in [5.74, 6) is 0.00935. The summed E-state index contributed by atoms with van der Waals surface area (Å²) in [6, 6.07) is 9.48. The van der Waals surface area contributed by atoms with Crippen molar-refractivity contribution < 1.29 is 13.9 Å². The third-order valence-electron chi connectivity index (χ3n) is 3.66. The summed E-state index contributed by atoms with van der Waals surface area (Å²) in [6.07, 6.45) is 0.334. The number of methoxy groups -OCH3 is 1. The summed E-state index contributed by atoms with van der Waals surface area (Å²) in [5.41, 5.74) is 9.01. The molecule has 108 valence electrons. The Morgan fingerprint density at radius 2 is 2.10 bits per heavy atom. The van der Waals surface area contributed by atoms with E-state index in [1.807, 2.05) is 6.07 Å². The van der Waals surface area contributed by atoms with Gasteiger partial charge in [0.2, 0.25) is 5.91 Å². The smallest absolute Gasteiger partial charge is 0.228 e. The lowest BCUT2D eigenvalue weighted by molar-refractivity contribution is -0.115. The molecule has 1 atom stereocenters. The van der Waals surface area contributed by atoms with Crippen LogP contribution in [0.5, 0.6) is 5.75 Å². The van der Waals surface area contributed by atoms with E-state index in [1.54, 1.807) is 24.3 Å². The maximum absolute atomic E-state index is 14.1. The molecule has 1 heterocycles. The Bertz CT molecular complexity index is 715. The Labute approximate surface area is 121 Å². The largest absolute Gasteiger partial charge is 0.497 e. The van der Waals surface area contributed by atoms with Gasteiger partial charge in [-0.3, -0.25) is 4.79 Å². The standard InChI is InChI=1S/C16H15FN2O2/c1-21-11-3-4-12(13(17)8-11)16(18)9-2-5-14-10(6-9)7-15(20)19-14/h2-6,8,16H,7,18H2,1H3,(H,19,20). The topological polar surface area (TPSA) is 64.3 Å². The summed E-state index contributed by atoms with van der Waals surface area (Å²) in [5, 5.41) is 2.76. The molecule has 0 fully saturated rings. The van der Waals surface area contributed by atoms with Crippen LogP contribution < -0.4 is 15.8 Å². The van der Waals surface area contributed by atoms with E-state index < -0.39 is 11.9 Å². The molecule has 1 unspecified atom stereocenters. The van der Waals surface area contributed by atoms with Crippen LogP contribution in [0.3, 0.4) is 0 Å². The van der Waals surface area contributed by atoms with Crippen molar-refractivity contribution >= 4 is 11.6 Å². The minimum absolute atomic E-state index is 0.0358. The van der Waals surface area contributed by atoms with Gasteiger partial charge in [0.05, 0.1) is 19.6 Å². The van der Waals surface area contributed by atoms with Gasteiger partial charge < -0.3 is 15.8 Å². The van der Waals surface area contributed by atoms with Crippen molar-refractivity contribution in [1.29, 1.82) is 0 Å². The molecule has 3 N–H and O–H groups in total. The second-order valence-electron chi connectivity index (χ2n) is 5.01. The average Bonchev–Trinajstić information content (AvgIpc) is 2.85. The SMILES string of the molecule is COc1ccc(C(N)c2ccc3c(c2)CC(=O)N3)c(F)c1. The first kappa shape index (κ1) is 13.6. The molecule has 2 aromatic carbocycles. The Morgan fingerprint density at radius 3 is 2.81 bits per heavy atom. The van der Waals surface area contributed by atoms with Gasteiger partial charge in [-0.15, -0.1) is 0 Å². The molecular formula is C16H15FN2O2. The molecule has 0 saturated heterocycles. The van der Waals surface area contributed by atoms with Gasteiger partial charge >= 0.3 is 0 Å². The Balaban J connectivity index is 1.94. The molecule has 0 aromatic heterocycles. The first-order valence-corrected chi connectivity index (χ1v) is 6.60. The van der Waals surface area contributed by atoms with E-state index in [-0.39, 0.29) is 5.91 Å². The molecule has 1 aliphatic heterocycles. The van der Waals surface area contributed by atoms with E-state index >= 15 is 0 Å². The molecule has 4 nitrogen and oxygen atoms in total. The highest BCUT2D eigenvalue weighted by Gasteiger charge is 2.20. The van der Waals surface area contributed by atoms with Gasteiger partial charge in [0.1, 0.15) is 11.6 Å². The van der Waals surface area contributed by atoms with E-state index in [0.717, 1.165) is 16.8 Å². The van der Waals surface area contributed by atoms with Crippen molar-refractivity contribution in [1.82, 2.24) is 0 Å². The van der Waals surface area contributed by atoms with Gasteiger partial charge in [-0.25, -0.2) is 4.39 Å². The second-order valence-corrected chi connectivity index (χ2v) is 5.01. The van der Waals surface area contributed by atoms with Crippen LogP contribution in [0, 0.1) is 5.82 Å². The number of rotatable bonds is 3. The number of hydrogen-bond acceptors (Lipinski definition) is 3. The number of hydrogen-bond donors (Lipinski definition) is 2. The number of benzene rings is 2. The fourth-order valence-corrected chi connectivity index (χ4v) is 2.51. The number of nitrogens with one attached hydrogen (secondary N) is 1. The van der Waals surface area contributed by atoms with E-state index in [2.05, 4.69) is 5.32 Å². The number of anilines is 1. The maximum atomic E-state index is 14.1. The number of ether oxygens (including phenoxy) is 1. The van der Waals surface area contributed by atoms with Crippen molar-refractivity contribution in [2.24, 2.45) is 5.73 Å². The fourth-order valence-electron chi connectivity index (χ4n) is 2.51. The Hall–Kier alpha value is -2.40. The molecule has 1 aliphatic rings. The van der Waals surface area contributed by atoms with E-state index in [9.17, 15) is 9.18 Å². The molecule has 5 heteroatoms. The number of amides is 1. The average molecular weight is 286 g/mol. The van der Waals surface area contributed by atoms with E-state index in [0.29, 0.717) is 17.7 Å². The zero-order valence-corrected chi connectivity index (χ0v) is 11.5. The van der Waals surface area contributed by atoms with Gasteiger partial charge in [-0.1, -0.05) is 18.2 Å². The zero-order valence-electron chi connectivity index (χ0n) is 11.5. The summed E-state index contributed by atoms with van der Waals surface area (Å²) >= 11 is 0. The molecular weight excluding hydrogens is 271 g/mol. The number of carbonyl (C=O) groups is 1. The summed E-state index contributed by atoms with van der Waals surface area (Å²) in [4.78, 5) is 11.4. The van der Waals surface area contributed by atoms with Crippen LogP contribution in [-0.2, 0) is 11.2 Å². The monoisotopic (exact) mass is 286 g/mol. The minimum atomic E-state index is -0.586. The van der Waals surface area contributed by atoms with E-state index in [4.69, 9.17) is 10.5 Å². The highest BCUT2D eigenvalue weighted by molar-refractivity contribution is 5.99. The van der Waals surface area contributed by atoms with Crippen LogP contribution >= 0.6 is 0 Å². The maximum Gasteiger partial charge on any atom is 0.228 e. The van der Waals surface area contributed by atoms with Gasteiger partial charge in [-0.05, 0) is 23.3 Å². The predicted molar refractivity (Wildman–Crippen MR) is 77.8 cm³/mol. The van der Waals surface area contributed by atoms with E-state index in [1.165, 1.54) is 13.2 Å². The third kappa shape index (κ3) is 2.48. The third-order valence-corrected chi connectivity index (χ3v) is 3.66. The molecule has 1 amide bonds. The molecule has 0 spiro atoms. The molecule has 0 saturated carbocycles. The van der Waals surface area contributed by atoms with Gasteiger partial charge in [0.25, 0.3) is 0 Å². The highest BCUT2D eigenvalue weighted by atomic mass is 19.1. The molecule has 3 rings (SSSR count). The molecule has 0 aliphatic carbocycles. The number of halogens is 1.